The zero-order chi connectivity index (χ0) is 12.1. The van der Waals surface area contributed by atoms with Gasteiger partial charge in [0, 0.05) is 11.1 Å². The fraction of sp³-hybridized carbons (Fsp3) is 0.500. The Morgan fingerprint density at radius 1 is 1.31 bits per heavy atom. The molecule has 0 aliphatic carbocycles. The fourth-order valence-electron chi connectivity index (χ4n) is 1.77. The van der Waals surface area contributed by atoms with Gasteiger partial charge in [-0.2, -0.15) is 0 Å². The summed E-state index contributed by atoms with van der Waals surface area (Å²) in [6.07, 6.45) is 1.53. The summed E-state index contributed by atoms with van der Waals surface area (Å²) in [6.45, 7) is 2.59. The standard InChI is InChI=1S/C12H18ClNO2/c1-4-9-10(15-2)7-8(5-6-14)12(16-3)11(9)13/h7H,4-6,14H2,1-3H3. The van der Waals surface area contributed by atoms with E-state index in [0.717, 1.165) is 29.7 Å². The van der Waals surface area contributed by atoms with Gasteiger partial charge in [-0.1, -0.05) is 18.5 Å². The molecule has 0 radical (unpaired) electrons. The second-order valence-electron chi connectivity index (χ2n) is 3.46. The van der Waals surface area contributed by atoms with Crippen LogP contribution in [0.15, 0.2) is 6.07 Å². The first-order valence-electron chi connectivity index (χ1n) is 5.31. The van der Waals surface area contributed by atoms with E-state index in [1.165, 1.54) is 0 Å². The van der Waals surface area contributed by atoms with Gasteiger partial charge in [0.15, 0.2) is 0 Å². The van der Waals surface area contributed by atoms with E-state index in [1.54, 1.807) is 14.2 Å². The Bertz CT molecular complexity index is 367. The molecule has 0 aliphatic rings. The van der Waals surface area contributed by atoms with E-state index in [0.29, 0.717) is 17.3 Å². The number of halogens is 1. The molecular formula is C12H18ClNO2. The van der Waals surface area contributed by atoms with Gasteiger partial charge in [0.05, 0.1) is 19.2 Å². The van der Waals surface area contributed by atoms with Crippen LogP contribution in [0.2, 0.25) is 5.02 Å². The average Bonchev–Trinajstić information content (AvgIpc) is 2.29. The Kier molecular flexibility index (Phi) is 4.90. The number of methoxy groups -OCH3 is 2. The lowest BCUT2D eigenvalue weighted by molar-refractivity contribution is 0.395. The Morgan fingerprint density at radius 3 is 2.44 bits per heavy atom. The van der Waals surface area contributed by atoms with Crippen molar-refractivity contribution in [1.82, 2.24) is 0 Å². The summed E-state index contributed by atoms with van der Waals surface area (Å²) in [4.78, 5) is 0. The SMILES string of the molecule is CCc1c(OC)cc(CCN)c(OC)c1Cl. The summed E-state index contributed by atoms with van der Waals surface area (Å²) in [5, 5.41) is 0.632. The maximum Gasteiger partial charge on any atom is 0.141 e. The van der Waals surface area contributed by atoms with E-state index in [4.69, 9.17) is 26.8 Å². The predicted molar refractivity (Wildman–Crippen MR) is 66.7 cm³/mol. The Labute approximate surface area is 101 Å². The smallest absolute Gasteiger partial charge is 0.141 e. The van der Waals surface area contributed by atoms with Gasteiger partial charge in [-0.25, -0.2) is 0 Å². The minimum Gasteiger partial charge on any atom is -0.496 e. The molecule has 3 nitrogen and oxygen atoms in total. The lowest BCUT2D eigenvalue weighted by Crippen LogP contribution is -2.06. The monoisotopic (exact) mass is 243 g/mol. The number of benzene rings is 1. The average molecular weight is 244 g/mol. The number of hydrogen-bond acceptors (Lipinski definition) is 3. The van der Waals surface area contributed by atoms with Crippen LogP contribution in [0.1, 0.15) is 18.1 Å². The van der Waals surface area contributed by atoms with Gasteiger partial charge in [0.2, 0.25) is 0 Å². The highest BCUT2D eigenvalue weighted by atomic mass is 35.5. The van der Waals surface area contributed by atoms with Gasteiger partial charge in [-0.05, 0) is 25.5 Å². The van der Waals surface area contributed by atoms with E-state index in [1.807, 2.05) is 13.0 Å². The zero-order valence-corrected chi connectivity index (χ0v) is 10.7. The molecule has 0 aliphatic heterocycles. The molecule has 0 heterocycles. The Morgan fingerprint density at radius 2 is 2.00 bits per heavy atom. The van der Waals surface area contributed by atoms with Crippen LogP contribution in [0.5, 0.6) is 11.5 Å². The first-order valence-corrected chi connectivity index (χ1v) is 5.69. The van der Waals surface area contributed by atoms with Gasteiger partial charge in [0.1, 0.15) is 11.5 Å². The second-order valence-corrected chi connectivity index (χ2v) is 3.83. The van der Waals surface area contributed by atoms with E-state index in [9.17, 15) is 0 Å². The first kappa shape index (κ1) is 13.1. The van der Waals surface area contributed by atoms with Crippen LogP contribution in [0, 0.1) is 0 Å². The van der Waals surface area contributed by atoms with Crippen molar-refractivity contribution >= 4 is 11.6 Å². The molecule has 0 unspecified atom stereocenters. The third-order valence-corrected chi connectivity index (χ3v) is 2.95. The maximum atomic E-state index is 6.29. The molecular weight excluding hydrogens is 226 g/mol. The van der Waals surface area contributed by atoms with E-state index >= 15 is 0 Å². The van der Waals surface area contributed by atoms with E-state index < -0.39 is 0 Å². The summed E-state index contributed by atoms with van der Waals surface area (Å²) in [5.74, 6) is 1.52. The number of nitrogens with two attached hydrogens (primary N) is 1. The lowest BCUT2D eigenvalue weighted by Gasteiger charge is -2.16. The number of rotatable bonds is 5. The van der Waals surface area contributed by atoms with Crippen LogP contribution in [-0.2, 0) is 12.8 Å². The van der Waals surface area contributed by atoms with Crippen molar-refractivity contribution in [2.45, 2.75) is 19.8 Å². The van der Waals surface area contributed by atoms with E-state index in [-0.39, 0.29) is 0 Å². The van der Waals surface area contributed by atoms with Crippen LogP contribution < -0.4 is 15.2 Å². The summed E-state index contributed by atoms with van der Waals surface area (Å²) in [7, 11) is 3.26. The highest BCUT2D eigenvalue weighted by molar-refractivity contribution is 6.33. The van der Waals surface area contributed by atoms with Crippen molar-refractivity contribution in [1.29, 1.82) is 0 Å². The topological polar surface area (TPSA) is 44.5 Å². The minimum atomic E-state index is 0.557. The van der Waals surface area contributed by atoms with Gasteiger partial charge in [-0.15, -0.1) is 0 Å². The molecule has 1 rings (SSSR count). The van der Waals surface area contributed by atoms with Crippen molar-refractivity contribution in [2.75, 3.05) is 20.8 Å². The largest absolute Gasteiger partial charge is 0.496 e. The Hall–Kier alpha value is -0.930. The molecule has 4 heteroatoms. The van der Waals surface area contributed by atoms with Crippen LogP contribution in [-0.4, -0.2) is 20.8 Å². The van der Waals surface area contributed by atoms with Crippen LogP contribution >= 0.6 is 11.6 Å². The third kappa shape index (κ3) is 2.42. The summed E-state index contributed by atoms with van der Waals surface area (Å²) in [6, 6.07) is 1.95. The van der Waals surface area contributed by atoms with Crippen molar-refractivity contribution in [3.63, 3.8) is 0 Å². The summed E-state index contributed by atoms with van der Waals surface area (Å²) in [5.41, 5.74) is 7.52. The minimum absolute atomic E-state index is 0.557. The van der Waals surface area contributed by atoms with Gasteiger partial charge < -0.3 is 15.2 Å². The molecule has 0 atom stereocenters. The highest BCUT2D eigenvalue weighted by Crippen LogP contribution is 2.38. The molecule has 2 N–H and O–H groups in total. The molecule has 1 aromatic carbocycles. The molecule has 0 fully saturated rings. The van der Waals surface area contributed by atoms with Crippen molar-refractivity contribution in [3.8, 4) is 11.5 Å². The van der Waals surface area contributed by atoms with E-state index in [2.05, 4.69) is 0 Å². The lowest BCUT2D eigenvalue weighted by atomic mass is 10.0. The maximum absolute atomic E-state index is 6.29. The summed E-state index contributed by atoms with van der Waals surface area (Å²) < 4.78 is 10.7. The van der Waals surface area contributed by atoms with Crippen molar-refractivity contribution in [3.05, 3.63) is 22.2 Å². The fourth-order valence-corrected chi connectivity index (χ4v) is 2.20. The molecule has 0 amide bonds. The van der Waals surface area contributed by atoms with Crippen LogP contribution in [0.25, 0.3) is 0 Å². The molecule has 0 bridgehead atoms. The second kappa shape index (κ2) is 5.97. The Balaban J connectivity index is 3.35. The van der Waals surface area contributed by atoms with Crippen LogP contribution in [0.3, 0.4) is 0 Å². The first-order chi connectivity index (χ1) is 7.69. The van der Waals surface area contributed by atoms with Crippen molar-refractivity contribution in [2.24, 2.45) is 5.73 Å². The van der Waals surface area contributed by atoms with Crippen LogP contribution in [0.4, 0.5) is 0 Å². The van der Waals surface area contributed by atoms with Gasteiger partial charge in [-0.3, -0.25) is 0 Å². The summed E-state index contributed by atoms with van der Waals surface area (Å²) >= 11 is 6.29. The molecule has 16 heavy (non-hydrogen) atoms. The number of ether oxygens (including phenoxy) is 2. The van der Waals surface area contributed by atoms with Gasteiger partial charge >= 0.3 is 0 Å². The van der Waals surface area contributed by atoms with Crippen molar-refractivity contribution < 1.29 is 9.47 Å². The highest BCUT2D eigenvalue weighted by Gasteiger charge is 2.16. The molecule has 0 saturated heterocycles. The molecule has 0 spiro atoms. The quantitative estimate of drug-likeness (QED) is 0.864. The van der Waals surface area contributed by atoms with Gasteiger partial charge in [0.25, 0.3) is 0 Å². The molecule has 0 aromatic heterocycles. The molecule has 90 valence electrons. The number of hydrogen-bond donors (Lipinski definition) is 1. The predicted octanol–water partition coefficient (Wildman–Crippen LogP) is 2.42. The molecule has 0 saturated carbocycles. The zero-order valence-electron chi connectivity index (χ0n) is 9.97. The normalized spacial score (nSPS) is 10.3. The third-order valence-electron chi connectivity index (χ3n) is 2.55. The molecule has 1 aromatic rings.